The first-order chi connectivity index (χ1) is 48.7. The molecule has 6 nitrogen and oxygen atoms in total. The molecule has 0 amide bonds. The Morgan fingerprint density at radius 2 is 0.566 bits per heavy atom. The van der Waals surface area contributed by atoms with Crippen LogP contribution in [0.25, 0.3) is 92.8 Å². The molecule has 0 atom stereocenters. The number of hydrogen-bond donors (Lipinski definition) is 0. The van der Waals surface area contributed by atoms with E-state index in [-0.39, 0.29) is 11.4 Å². The highest BCUT2D eigenvalue weighted by Crippen LogP contribution is 2.52. The molecule has 0 spiro atoms. The van der Waals surface area contributed by atoms with Crippen molar-refractivity contribution in [3.8, 4) is 72.0 Å². The van der Waals surface area contributed by atoms with Crippen LogP contribution in [0.3, 0.4) is 0 Å². The van der Waals surface area contributed by atoms with Gasteiger partial charge in [0.1, 0.15) is 11.0 Å². The lowest BCUT2D eigenvalue weighted by Gasteiger charge is -2.09. The van der Waals surface area contributed by atoms with E-state index in [0.717, 1.165) is 85.0 Å². The van der Waals surface area contributed by atoms with E-state index in [1.165, 1.54) is 310 Å². The van der Waals surface area contributed by atoms with Gasteiger partial charge in [-0.15, -0.1) is 68.0 Å². The van der Waals surface area contributed by atoms with Gasteiger partial charge in [-0.05, 0) is 159 Å². The molecule has 99 heavy (non-hydrogen) atoms. The molecule has 8 aromatic rings. The molecule has 0 aliphatic rings. The van der Waals surface area contributed by atoms with Gasteiger partial charge in [-0.2, -0.15) is 8.75 Å². The number of nitriles is 2. The minimum absolute atomic E-state index is 0.141. The number of rotatable bonds is 50. The van der Waals surface area contributed by atoms with Crippen LogP contribution in [0.15, 0.2) is 59.9 Å². The number of nitrogens with zero attached hydrogens (tertiary/aromatic N) is 6. The zero-order valence-electron chi connectivity index (χ0n) is 61.0. The van der Waals surface area contributed by atoms with Crippen molar-refractivity contribution in [2.45, 2.75) is 311 Å². The monoisotopic (exact) mass is 1450 g/mol. The molecule has 0 aliphatic heterocycles. The molecule has 0 aliphatic carbocycles. The van der Waals surface area contributed by atoms with Gasteiger partial charge in [0.25, 0.3) is 11.4 Å². The maximum absolute atomic E-state index is 9.88. The maximum Gasteiger partial charge on any atom is 0.263 e. The molecular formula is C86H112N6S7. The zero-order valence-corrected chi connectivity index (χ0v) is 66.7. The fraction of sp³-hybridized carbons (Fsp3) is 0.558. The van der Waals surface area contributed by atoms with Crippen LogP contribution in [0.4, 0.5) is 0 Å². The molecule has 1 aromatic carbocycles. The van der Waals surface area contributed by atoms with Gasteiger partial charge in [-0.25, -0.2) is 20.2 Å². The van der Waals surface area contributed by atoms with E-state index < -0.39 is 0 Å². The smallest absolute Gasteiger partial charge is 0.227 e. The zero-order chi connectivity index (χ0) is 69.8. The predicted molar refractivity (Wildman–Crippen MR) is 440 cm³/mol. The molecule has 13 heteroatoms. The molecule has 0 N–H and O–H groups in total. The number of aromatic nitrogens is 2. The molecule has 0 saturated heterocycles. The number of allylic oxidation sites excluding steroid dienone is 2. The van der Waals surface area contributed by atoms with Crippen LogP contribution in [0.1, 0.15) is 316 Å². The van der Waals surface area contributed by atoms with Gasteiger partial charge in [-0.3, -0.25) is 0 Å². The summed E-state index contributed by atoms with van der Waals surface area (Å²) in [4.78, 5) is 22.6. The van der Waals surface area contributed by atoms with Crippen LogP contribution in [0.5, 0.6) is 0 Å². The van der Waals surface area contributed by atoms with Gasteiger partial charge >= 0.3 is 0 Å². The summed E-state index contributed by atoms with van der Waals surface area (Å²) < 4.78 is 10.6. The third-order valence-corrected chi connectivity index (χ3v) is 27.8. The predicted octanol–water partition coefficient (Wildman–Crippen LogP) is 31.0. The lowest BCUT2D eigenvalue weighted by atomic mass is 9.97. The fourth-order valence-electron chi connectivity index (χ4n) is 13.9. The first-order valence-electron chi connectivity index (χ1n) is 38.7. The summed E-state index contributed by atoms with van der Waals surface area (Å²) in [5.41, 5.74) is 13.2. The number of benzene rings is 1. The number of fused-ring (bicyclic) bond motifs is 1. The van der Waals surface area contributed by atoms with Gasteiger partial charge in [0.05, 0.1) is 37.0 Å². The van der Waals surface area contributed by atoms with Crippen molar-refractivity contribution >= 4 is 103 Å². The number of hydrogen-bond acceptors (Lipinski definition) is 11. The Morgan fingerprint density at radius 3 is 0.828 bits per heavy atom. The van der Waals surface area contributed by atoms with E-state index in [9.17, 15) is 10.5 Å². The summed E-state index contributed by atoms with van der Waals surface area (Å²) in [7, 11) is 0. The molecule has 0 radical (unpaired) electrons. The van der Waals surface area contributed by atoms with Crippen molar-refractivity contribution in [3.63, 3.8) is 0 Å². The number of aryl methyl sites for hydroxylation is 6. The molecule has 528 valence electrons. The van der Waals surface area contributed by atoms with Crippen LogP contribution in [-0.4, -0.2) is 8.75 Å². The SMILES string of the molecule is [C-]#[N+]/C(C#N)=C\c1cc(CCCCCCCC)c(-c2cc(CCCCCCCC)c(-c3cc(CCCCCCCC)c(-c4ccc(-c5sc(-c6sc(-c7sc(/C=C(\C#N)[N+]#[C-])cc7CCCCCCCC)cc6CCCCCCCC)cc5CCCCCCCC)c5nsnc45)s3)s2)s1. The summed E-state index contributed by atoms with van der Waals surface area (Å²) in [6.07, 6.45) is 54.7. The first-order valence-corrected chi connectivity index (χ1v) is 44.4. The van der Waals surface area contributed by atoms with Crippen LogP contribution < -0.4 is 0 Å². The Balaban J connectivity index is 1.24. The van der Waals surface area contributed by atoms with E-state index in [1.807, 2.05) is 45.3 Å². The average Bonchev–Trinajstić information content (AvgIpc) is 1.63. The highest BCUT2D eigenvalue weighted by molar-refractivity contribution is 7.28. The van der Waals surface area contributed by atoms with E-state index in [0.29, 0.717) is 0 Å². The number of unbranched alkanes of at least 4 members (excludes halogenated alkanes) is 30. The van der Waals surface area contributed by atoms with Gasteiger partial charge in [0.15, 0.2) is 0 Å². The maximum atomic E-state index is 9.88. The lowest BCUT2D eigenvalue weighted by Crippen LogP contribution is -1.90. The Morgan fingerprint density at radius 1 is 0.333 bits per heavy atom. The largest absolute Gasteiger partial charge is 0.263 e. The fourth-order valence-corrected chi connectivity index (χ4v) is 22.2. The minimum Gasteiger partial charge on any atom is -0.227 e. The Bertz CT molecular complexity index is 3660. The van der Waals surface area contributed by atoms with Crippen molar-refractivity contribution in [1.82, 2.24) is 8.75 Å². The van der Waals surface area contributed by atoms with Crippen molar-refractivity contribution in [2.75, 3.05) is 0 Å². The van der Waals surface area contributed by atoms with Crippen LogP contribution >= 0.6 is 79.7 Å². The third-order valence-electron chi connectivity index (χ3n) is 19.5. The lowest BCUT2D eigenvalue weighted by molar-refractivity contribution is 0.608. The van der Waals surface area contributed by atoms with Gasteiger partial charge < -0.3 is 0 Å². The van der Waals surface area contributed by atoms with Crippen LogP contribution in [0, 0.1) is 35.8 Å². The van der Waals surface area contributed by atoms with E-state index >= 15 is 0 Å². The highest BCUT2D eigenvalue weighted by Gasteiger charge is 2.26. The Kier molecular flexibility index (Phi) is 36.0. The summed E-state index contributed by atoms with van der Waals surface area (Å²) in [5, 5.41) is 19.8. The van der Waals surface area contributed by atoms with Crippen molar-refractivity contribution < 1.29 is 0 Å². The number of thiophene rings is 6. The quantitative estimate of drug-likeness (QED) is 0.0216. The molecule has 0 unspecified atom stereocenters. The minimum atomic E-state index is 0.141. The van der Waals surface area contributed by atoms with E-state index in [2.05, 4.69) is 112 Å². The summed E-state index contributed by atoms with van der Waals surface area (Å²) >= 11 is 12.8. The molecule has 7 aromatic heterocycles. The van der Waals surface area contributed by atoms with Crippen LogP contribution in [0.2, 0.25) is 0 Å². The topological polar surface area (TPSA) is 82.1 Å². The van der Waals surface area contributed by atoms with Crippen molar-refractivity contribution in [3.05, 3.63) is 126 Å². The highest BCUT2D eigenvalue weighted by atomic mass is 32.1. The molecular weight excluding hydrogens is 1340 g/mol. The molecule has 0 saturated carbocycles. The first kappa shape index (κ1) is 79.4. The third kappa shape index (κ3) is 24.1. The van der Waals surface area contributed by atoms with Crippen molar-refractivity contribution in [1.29, 1.82) is 10.5 Å². The average molecular weight is 1450 g/mol. The molecule has 7 heterocycles. The second-order valence-electron chi connectivity index (χ2n) is 27.6. The second-order valence-corrected chi connectivity index (χ2v) is 34.5. The molecule has 8 rings (SSSR count). The second kappa shape index (κ2) is 44.9. The standard InChI is InChI=1S/C86H112N6S7/c1-9-15-21-27-33-39-45-63-53-71(59-69(61-87)89-7)93-83(63)75-57-67(49-43-37-31-25-19-13-5)85(97-75)77-55-65(47-41-35-29-23-17-11-3)81(95-77)73-51-52-74(80-79(73)91-99-92-80)82-66(48-42-36-30-24-18-12-4)56-78(96-82)86-68(50-44-38-32-26-20-14-6)58-76(98-86)84-64(46-40-34-28-22-16-10-2)54-72(94-84)60-70(62-88)90-8/h51-60H,9-50H2,1-6H3/b69-59-,70-60+. The van der Waals surface area contributed by atoms with Crippen LogP contribution in [-0.2, 0) is 38.5 Å². The summed E-state index contributed by atoms with van der Waals surface area (Å²) in [6.45, 7) is 29.3. The van der Waals surface area contributed by atoms with E-state index in [4.69, 9.17) is 21.9 Å². The Hall–Kier alpha value is -5.32. The summed E-state index contributed by atoms with van der Waals surface area (Å²) in [5.74, 6) is 0. The molecule has 0 fully saturated rings. The molecule has 0 bridgehead atoms. The van der Waals surface area contributed by atoms with Gasteiger partial charge in [-0.1, -0.05) is 246 Å². The van der Waals surface area contributed by atoms with Crippen molar-refractivity contribution in [2.24, 2.45) is 0 Å². The van der Waals surface area contributed by atoms with E-state index in [1.54, 1.807) is 34.8 Å². The summed E-state index contributed by atoms with van der Waals surface area (Å²) in [6, 6.07) is 23.9. The Labute approximate surface area is 626 Å². The van der Waals surface area contributed by atoms with Gasteiger partial charge in [0.2, 0.25) is 0 Å². The normalized spacial score (nSPS) is 11.9. The van der Waals surface area contributed by atoms with Gasteiger partial charge in [0, 0.05) is 69.7 Å².